The van der Waals surface area contributed by atoms with Gasteiger partial charge in [0.05, 0.1) is 33.2 Å². The van der Waals surface area contributed by atoms with Crippen molar-refractivity contribution in [1.29, 1.82) is 0 Å². The Morgan fingerprint density at radius 2 is 2.15 bits per heavy atom. The van der Waals surface area contributed by atoms with Crippen LogP contribution in [-0.2, 0) is 6.42 Å². The number of ether oxygens (including phenoxy) is 1. The zero-order valence-electron chi connectivity index (χ0n) is 15.2. The zero-order chi connectivity index (χ0) is 18.6. The molecule has 1 aliphatic carbocycles. The van der Waals surface area contributed by atoms with Gasteiger partial charge in [-0.15, -0.1) is 11.3 Å². The molecule has 27 heavy (non-hydrogen) atoms. The van der Waals surface area contributed by atoms with Gasteiger partial charge in [0.1, 0.15) is 12.4 Å². The van der Waals surface area contributed by atoms with E-state index in [1.807, 2.05) is 17.8 Å². The van der Waals surface area contributed by atoms with E-state index in [9.17, 15) is 4.79 Å². The molecule has 0 fully saturated rings. The quantitative estimate of drug-likeness (QED) is 0.612. The van der Waals surface area contributed by atoms with E-state index in [2.05, 4.69) is 35.9 Å². The number of aromatic nitrogens is 2. The van der Waals surface area contributed by atoms with Gasteiger partial charge in [-0.05, 0) is 35.6 Å². The second kappa shape index (κ2) is 6.14. The van der Waals surface area contributed by atoms with Crippen LogP contribution >= 0.6 is 22.7 Å². The number of benzene rings is 1. The number of Topliss-reactive ketones (excluding diaryl/α,β-unsaturated/α-hetero) is 1. The first-order valence-corrected chi connectivity index (χ1v) is 10.7. The van der Waals surface area contributed by atoms with Crippen molar-refractivity contribution in [2.45, 2.75) is 26.7 Å². The predicted molar refractivity (Wildman–Crippen MR) is 109 cm³/mol. The minimum atomic E-state index is -0.0162. The zero-order valence-corrected chi connectivity index (χ0v) is 16.8. The highest BCUT2D eigenvalue weighted by atomic mass is 32.1. The average Bonchev–Trinajstić information content (AvgIpc) is 3.29. The van der Waals surface area contributed by atoms with Gasteiger partial charge >= 0.3 is 0 Å². The first kappa shape index (κ1) is 16.9. The fourth-order valence-corrected chi connectivity index (χ4v) is 5.43. The highest BCUT2D eigenvalue weighted by Crippen LogP contribution is 2.44. The number of ketones is 1. The molecule has 2 aliphatic rings. The predicted octanol–water partition coefficient (Wildman–Crippen LogP) is 4.95. The summed E-state index contributed by atoms with van der Waals surface area (Å²) in [6.45, 7) is 5.61. The van der Waals surface area contributed by atoms with Gasteiger partial charge in [0.25, 0.3) is 0 Å². The monoisotopic (exact) mass is 397 g/mol. The largest absolute Gasteiger partial charge is 0.490 e. The Balaban J connectivity index is 1.57. The number of rotatable bonds is 2. The lowest BCUT2D eigenvalue weighted by molar-refractivity contribution is 0.0916. The van der Waals surface area contributed by atoms with Crippen LogP contribution in [0.15, 0.2) is 29.9 Å². The van der Waals surface area contributed by atoms with E-state index in [0.717, 1.165) is 50.5 Å². The van der Waals surface area contributed by atoms with Crippen LogP contribution in [0.5, 0.6) is 5.75 Å². The molecule has 1 aromatic carbocycles. The van der Waals surface area contributed by atoms with Crippen molar-refractivity contribution in [2.24, 2.45) is 5.41 Å². The van der Waals surface area contributed by atoms with E-state index < -0.39 is 0 Å². The van der Waals surface area contributed by atoms with Crippen molar-refractivity contribution in [2.75, 3.05) is 18.1 Å². The maximum atomic E-state index is 12.6. The van der Waals surface area contributed by atoms with Gasteiger partial charge in [-0.1, -0.05) is 25.2 Å². The number of thiazole rings is 2. The summed E-state index contributed by atoms with van der Waals surface area (Å²) < 4.78 is 5.86. The normalized spacial score (nSPS) is 18.0. The van der Waals surface area contributed by atoms with Gasteiger partial charge in [0.15, 0.2) is 10.9 Å². The molecule has 7 heteroatoms. The Morgan fingerprint density at radius 1 is 1.26 bits per heavy atom. The molecule has 0 spiro atoms. The molecule has 5 rings (SSSR count). The number of hydrogen-bond acceptors (Lipinski definition) is 7. The summed E-state index contributed by atoms with van der Waals surface area (Å²) in [7, 11) is 0. The Hall–Kier alpha value is -2.25. The number of nitrogens with zero attached hydrogens (tertiary/aromatic N) is 3. The third kappa shape index (κ3) is 2.95. The number of anilines is 2. The molecule has 0 saturated carbocycles. The second-order valence-electron chi connectivity index (χ2n) is 7.76. The third-order valence-corrected chi connectivity index (χ3v) is 6.98. The maximum absolute atomic E-state index is 12.6. The van der Waals surface area contributed by atoms with Gasteiger partial charge in [-0.2, -0.15) is 0 Å². The summed E-state index contributed by atoms with van der Waals surface area (Å²) in [5.41, 5.74) is 4.89. The van der Waals surface area contributed by atoms with Crippen LogP contribution in [-0.4, -0.2) is 28.9 Å². The fourth-order valence-electron chi connectivity index (χ4n) is 3.75. The molecule has 0 saturated heterocycles. The van der Waals surface area contributed by atoms with E-state index in [-0.39, 0.29) is 11.2 Å². The first-order chi connectivity index (χ1) is 13.0. The van der Waals surface area contributed by atoms with Crippen molar-refractivity contribution >= 4 is 39.3 Å². The molecular formula is C20H19N3O2S2. The van der Waals surface area contributed by atoms with Crippen molar-refractivity contribution in [3.8, 4) is 16.2 Å². The minimum absolute atomic E-state index is 0.0162. The van der Waals surface area contributed by atoms with Crippen molar-refractivity contribution in [3.63, 3.8) is 0 Å². The summed E-state index contributed by atoms with van der Waals surface area (Å²) in [5, 5.41) is 0.886. The Bertz CT molecular complexity index is 1020. The molecule has 5 nitrogen and oxygen atoms in total. The van der Waals surface area contributed by atoms with Crippen LogP contribution in [0.3, 0.4) is 0 Å². The number of carbonyl (C=O) groups is 1. The van der Waals surface area contributed by atoms with Crippen LogP contribution in [0.25, 0.3) is 10.4 Å². The SMILES string of the molecule is CC1(C)CC(=O)c2sc(N3CCOc4ccc(-c5cncs5)cc43)nc2C1. The molecule has 0 bridgehead atoms. The Labute approximate surface area is 165 Å². The van der Waals surface area contributed by atoms with Gasteiger partial charge in [-0.25, -0.2) is 4.98 Å². The smallest absolute Gasteiger partial charge is 0.190 e. The Morgan fingerprint density at radius 3 is 2.96 bits per heavy atom. The molecule has 0 unspecified atom stereocenters. The molecule has 2 aromatic heterocycles. The number of fused-ring (bicyclic) bond motifs is 2. The van der Waals surface area contributed by atoms with Crippen LogP contribution < -0.4 is 9.64 Å². The highest BCUT2D eigenvalue weighted by molar-refractivity contribution is 7.17. The molecule has 3 heterocycles. The highest BCUT2D eigenvalue weighted by Gasteiger charge is 2.35. The lowest BCUT2D eigenvalue weighted by Crippen LogP contribution is -2.28. The van der Waals surface area contributed by atoms with E-state index >= 15 is 0 Å². The molecule has 0 amide bonds. The lowest BCUT2D eigenvalue weighted by atomic mass is 9.78. The van der Waals surface area contributed by atoms with Crippen molar-refractivity contribution in [3.05, 3.63) is 40.5 Å². The molecule has 1 aliphatic heterocycles. The molecule has 3 aromatic rings. The van der Waals surface area contributed by atoms with Crippen LogP contribution in [0.4, 0.5) is 10.8 Å². The molecule has 0 N–H and O–H groups in total. The number of hydrogen-bond donors (Lipinski definition) is 0. The molecule has 138 valence electrons. The standard InChI is InChI=1S/C20H19N3O2S2/c1-20(2)8-13-18(15(24)9-20)27-19(22-13)23-5-6-25-16-4-3-12(7-14(16)23)17-10-21-11-26-17/h3-4,7,10-11H,5-6,8-9H2,1-2H3. The van der Waals surface area contributed by atoms with Gasteiger partial charge in [0.2, 0.25) is 0 Å². The second-order valence-corrected chi connectivity index (χ2v) is 9.63. The van der Waals surface area contributed by atoms with Crippen LogP contribution in [0.1, 0.15) is 35.6 Å². The minimum Gasteiger partial charge on any atom is -0.490 e. The maximum Gasteiger partial charge on any atom is 0.190 e. The molecule has 0 atom stereocenters. The van der Waals surface area contributed by atoms with Crippen LogP contribution in [0, 0.1) is 5.41 Å². The van der Waals surface area contributed by atoms with E-state index in [1.54, 1.807) is 11.3 Å². The van der Waals surface area contributed by atoms with Crippen molar-refractivity contribution in [1.82, 2.24) is 9.97 Å². The molecule has 0 radical (unpaired) electrons. The summed E-state index contributed by atoms with van der Waals surface area (Å²) in [6.07, 6.45) is 3.32. The van der Waals surface area contributed by atoms with E-state index in [1.165, 1.54) is 11.3 Å². The number of carbonyl (C=O) groups excluding carboxylic acids is 1. The summed E-state index contributed by atoms with van der Waals surface area (Å²) in [4.78, 5) is 25.8. The summed E-state index contributed by atoms with van der Waals surface area (Å²) in [5.74, 6) is 1.08. The lowest BCUT2D eigenvalue weighted by Gasteiger charge is -2.29. The van der Waals surface area contributed by atoms with Crippen molar-refractivity contribution < 1.29 is 9.53 Å². The van der Waals surface area contributed by atoms with E-state index in [0.29, 0.717) is 13.0 Å². The fraction of sp³-hybridized carbons (Fsp3) is 0.350. The van der Waals surface area contributed by atoms with Gasteiger partial charge in [0, 0.05) is 12.6 Å². The Kier molecular flexibility index (Phi) is 3.84. The molecular weight excluding hydrogens is 378 g/mol. The third-order valence-electron chi connectivity index (χ3n) is 4.99. The summed E-state index contributed by atoms with van der Waals surface area (Å²) >= 11 is 3.14. The first-order valence-electron chi connectivity index (χ1n) is 8.96. The van der Waals surface area contributed by atoms with Gasteiger partial charge in [-0.3, -0.25) is 9.78 Å². The summed E-state index contributed by atoms with van der Waals surface area (Å²) in [6, 6.07) is 6.21. The van der Waals surface area contributed by atoms with Crippen LogP contribution in [0.2, 0.25) is 0 Å². The van der Waals surface area contributed by atoms with Gasteiger partial charge < -0.3 is 9.64 Å². The van der Waals surface area contributed by atoms with E-state index in [4.69, 9.17) is 9.72 Å². The topological polar surface area (TPSA) is 55.3 Å². The average molecular weight is 398 g/mol.